The van der Waals surface area contributed by atoms with E-state index >= 15 is 0 Å². The number of nitrogens with two attached hydrogens (primary N) is 1. The number of anilines is 1. The number of aromatic nitrogens is 3. The number of nitrogens with zero attached hydrogens (tertiary/aromatic N) is 3. The van der Waals surface area contributed by atoms with E-state index in [-0.39, 0.29) is 5.54 Å². The first-order valence-corrected chi connectivity index (χ1v) is 6.02. The van der Waals surface area contributed by atoms with Crippen LogP contribution in [0.25, 0.3) is 11.3 Å². The molecule has 2 aromatic heterocycles. The molecular weight excluding hydrogens is 228 g/mol. The van der Waals surface area contributed by atoms with Crippen LogP contribution in [-0.4, -0.2) is 27.7 Å². The highest BCUT2D eigenvalue weighted by molar-refractivity contribution is 5.70. The Morgan fingerprint density at radius 1 is 1.50 bits per heavy atom. The summed E-state index contributed by atoms with van der Waals surface area (Å²) in [4.78, 5) is 8.38. The smallest absolute Gasteiger partial charge is 0.132 e. The molecule has 0 radical (unpaired) electrons. The van der Waals surface area contributed by atoms with Gasteiger partial charge in [-0.25, -0.2) is 9.97 Å². The van der Waals surface area contributed by atoms with Gasteiger partial charge >= 0.3 is 0 Å². The summed E-state index contributed by atoms with van der Waals surface area (Å²) in [5.74, 6) is 0.529. The van der Waals surface area contributed by atoms with Crippen molar-refractivity contribution in [2.45, 2.75) is 18.9 Å². The average Bonchev–Trinajstić information content (AvgIpc) is 2.99. The number of hydrogen-bond acceptors (Lipinski definition) is 4. The Morgan fingerprint density at radius 3 is 3.11 bits per heavy atom. The van der Waals surface area contributed by atoms with E-state index in [1.807, 2.05) is 24.7 Å². The van der Waals surface area contributed by atoms with Crippen molar-refractivity contribution in [2.24, 2.45) is 0 Å². The number of imidazole rings is 1. The average molecular weight is 244 g/mol. The van der Waals surface area contributed by atoms with Crippen LogP contribution in [0, 0.1) is 0 Å². The molecule has 1 saturated heterocycles. The quantitative estimate of drug-likeness (QED) is 0.872. The van der Waals surface area contributed by atoms with Gasteiger partial charge in [-0.3, -0.25) is 0 Å². The van der Waals surface area contributed by atoms with Crippen molar-refractivity contribution < 1.29 is 4.74 Å². The number of pyridine rings is 1. The van der Waals surface area contributed by atoms with Crippen molar-refractivity contribution in [3.8, 4) is 11.3 Å². The Labute approximate surface area is 106 Å². The molecule has 18 heavy (non-hydrogen) atoms. The van der Waals surface area contributed by atoms with Gasteiger partial charge in [0.1, 0.15) is 5.82 Å². The van der Waals surface area contributed by atoms with E-state index in [4.69, 9.17) is 10.5 Å². The highest BCUT2D eigenvalue weighted by Gasteiger charge is 2.33. The normalized spacial score (nSPS) is 23.4. The molecule has 3 heterocycles. The second-order valence-electron chi connectivity index (χ2n) is 4.88. The Morgan fingerprint density at radius 2 is 2.39 bits per heavy atom. The lowest BCUT2D eigenvalue weighted by Gasteiger charge is -2.26. The van der Waals surface area contributed by atoms with Gasteiger partial charge in [0.15, 0.2) is 0 Å². The minimum atomic E-state index is -0.0475. The Bertz CT molecular complexity index is 558. The van der Waals surface area contributed by atoms with Crippen LogP contribution < -0.4 is 5.73 Å². The highest BCUT2D eigenvalue weighted by atomic mass is 16.5. The van der Waals surface area contributed by atoms with Crippen LogP contribution in [-0.2, 0) is 10.3 Å². The first-order valence-electron chi connectivity index (χ1n) is 6.02. The maximum absolute atomic E-state index is 5.94. The number of hydrogen-bond donors (Lipinski definition) is 1. The van der Waals surface area contributed by atoms with E-state index in [2.05, 4.69) is 21.5 Å². The zero-order valence-electron chi connectivity index (χ0n) is 10.3. The first-order chi connectivity index (χ1) is 8.71. The van der Waals surface area contributed by atoms with Gasteiger partial charge < -0.3 is 15.0 Å². The molecule has 1 aliphatic rings. The third kappa shape index (κ3) is 1.67. The molecule has 1 unspecified atom stereocenters. The van der Waals surface area contributed by atoms with Gasteiger partial charge in [0.05, 0.1) is 30.4 Å². The van der Waals surface area contributed by atoms with Gasteiger partial charge in [0.25, 0.3) is 0 Å². The van der Waals surface area contributed by atoms with E-state index in [1.165, 1.54) is 0 Å². The minimum absolute atomic E-state index is 0.0475. The maximum Gasteiger partial charge on any atom is 0.132 e. The van der Waals surface area contributed by atoms with Crippen molar-refractivity contribution in [1.29, 1.82) is 0 Å². The van der Waals surface area contributed by atoms with Crippen LogP contribution in [0.2, 0.25) is 0 Å². The summed E-state index contributed by atoms with van der Waals surface area (Å²) < 4.78 is 7.66. The molecule has 94 valence electrons. The topological polar surface area (TPSA) is 66.0 Å². The molecule has 0 spiro atoms. The van der Waals surface area contributed by atoms with Crippen LogP contribution in [0.1, 0.15) is 13.3 Å². The summed E-state index contributed by atoms with van der Waals surface area (Å²) in [6.45, 7) is 3.67. The molecule has 3 rings (SSSR count). The van der Waals surface area contributed by atoms with E-state index in [0.29, 0.717) is 12.4 Å². The van der Waals surface area contributed by atoms with Gasteiger partial charge in [0.2, 0.25) is 0 Å². The maximum atomic E-state index is 5.94. The molecular formula is C13H16N4O. The lowest BCUT2D eigenvalue weighted by atomic mass is 10.0. The molecule has 1 aliphatic heterocycles. The zero-order chi connectivity index (χ0) is 12.6. The largest absolute Gasteiger partial charge is 0.383 e. The van der Waals surface area contributed by atoms with E-state index in [1.54, 1.807) is 6.20 Å². The molecule has 5 heteroatoms. The van der Waals surface area contributed by atoms with Crippen molar-refractivity contribution in [3.05, 3.63) is 30.9 Å². The van der Waals surface area contributed by atoms with Gasteiger partial charge in [-0.1, -0.05) is 0 Å². The predicted octanol–water partition coefficient (Wildman–Crippen LogP) is 1.66. The SMILES string of the molecule is CC1(n2cncc2-c2cccnc2N)CCOC1. The number of ether oxygens (including phenoxy) is 1. The van der Waals surface area contributed by atoms with Crippen LogP contribution >= 0.6 is 0 Å². The van der Waals surface area contributed by atoms with Gasteiger partial charge in [-0.15, -0.1) is 0 Å². The standard InChI is InChI=1S/C13H16N4O/c1-13(4-6-18-8-13)17-9-15-7-11(17)10-3-2-5-16-12(10)14/h2-3,5,7,9H,4,6,8H2,1H3,(H2,14,16). The fourth-order valence-corrected chi connectivity index (χ4v) is 2.40. The van der Waals surface area contributed by atoms with Crippen LogP contribution in [0.4, 0.5) is 5.82 Å². The van der Waals surface area contributed by atoms with E-state index in [9.17, 15) is 0 Å². The Balaban J connectivity index is 2.10. The molecule has 0 aliphatic carbocycles. The van der Waals surface area contributed by atoms with Gasteiger partial charge in [-0.05, 0) is 25.5 Å². The number of rotatable bonds is 2. The molecule has 0 saturated carbocycles. The summed E-state index contributed by atoms with van der Waals surface area (Å²) in [5.41, 5.74) is 7.81. The first kappa shape index (κ1) is 11.2. The summed E-state index contributed by atoms with van der Waals surface area (Å²) >= 11 is 0. The molecule has 1 fully saturated rings. The van der Waals surface area contributed by atoms with Crippen LogP contribution in [0.15, 0.2) is 30.9 Å². The lowest BCUT2D eigenvalue weighted by Crippen LogP contribution is -2.30. The third-order valence-corrected chi connectivity index (χ3v) is 3.53. The third-order valence-electron chi connectivity index (χ3n) is 3.53. The molecule has 2 N–H and O–H groups in total. The molecule has 1 atom stereocenters. The summed E-state index contributed by atoms with van der Waals surface area (Å²) in [6.07, 6.45) is 6.35. The zero-order valence-corrected chi connectivity index (χ0v) is 10.3. The Hall–Kier alpha value is -1.88. The second kappa shape index (κ2) is 4.10. The summed E-state index contributed by atoms with van der Waals surface area (Å²) in [6, 6.07) is 3.85. The molecule has 0 bridgehead atoms. The molecule has 0 amide bonds. The molecule has 5 nitrogen and oxygen atoms in total. The van der Waals surface area contributed by atoms with Crippen LogP contribution in [0.3, 0.4) is 0 Å². The van der Waals surface area contributed by atoms with Gasteiger partial charge in [-0.2, -0.15) is 0 Å². The predicted molar refractivity (Wildman–Crippen MR) is 69.0 cm³/mol. The monoisotopic (exact) mass is 244 g/mol. The summed E-state index contributed by atoms with van der Waals surface area (Å²) in [5, 5.41) is 0. The van der Waals surface area contributed by atoms with E-state index < -0.39 is 0 Å². The summed E-state index contributed by atoms with van der Waals surface area (Å²) in [7, 11) is 0. The fourth-order valence-electron chi connectivity index (χ4n) is 2.40. The van der Waals surface area contributed by atoms with Gasteiger partial charge in [0, 0.05) is 18.4 Å². The van der Waals surface area contributed by atoms with E-state index in [0.717, 1.165) is 24.3 Å². The highest BCUT2D eigenvalue weighted by Crippen LogP contribution is 2.33. The van der Waals surface area contributed by atoms with Crippen LogP contribution in [0.5, 0.6) is 0 Å². The van der Waals surface area contributed by atoms with Crippen molar-refractivity contribution in [3.63, 3.8) is 0 Å². The Kier molecular flexibility index (Phi) is 2.56. The molecule has 0 aromatic carbocycles. The second-order valence-corrected chi connectivity index (χ2v) is 4.88. The van der Waals surface area contributed by atoms with Crippen molar-refractivity contribution in [1.82, 2.24) is 14.5 Å². The fraction of sp³-hybridized carbons (Fsp3) is 0.385. The van der Waals surface area contributed by atoms with Crippen molar-refractivity contribution in [2.75, 3.05) is 18.9 Å². The molecule has 2 aromatic rings. The van der Waals surface area contributed by atoms with Crippen molar-refractivity contribution >= 4 is 5.82 Å². The lowest BCUT2D eigenvalue weighted by molar-refractivity contribution is 0.162. The minimum Gasteiger partial charge on any atom is -0.383 e. The number of nitrogen functional groups attached to an aromatic ring is 1.